The molecule has 3 atom stereocenters. The second-order valence-corrected chi connectivity index (χ2v) is 15.3. The van der Waals surface area contributed by atoms with Crippen LogP contribution in [0.15, 0.2) is 6.20 Å². The third-order valence-electron chi connectivity index (χ3n) is 6.68. The summed E-state index contributed by atoms with van der Waals surface area (Å²) < 4.78 is 17.1. The fourth-order valence-electron chi connectivity index (χ4n) is 4.68. The number of amides is 2. The SMILES string of the molecule is CC(C)CN(C(=O)c1cnc(C(C)(C)C)nc1NCCCS(C)=O)[C@@H]1CN(C(=O)OC(C)(C)C)C[C@](C)(C(=O)O)C1. The Morgan fingerprint density at radius 1 is 1.24 bits per heavy atom. The molecule has 2 heterocycles. The highest BCUT2D eigenvalue weighted by Crippen LogP contribution is 2.34. The minimum Gasteiger partial charge on any atom is -0.481 e. The first kappa shape index (κ1) is 34.4. The Balaban J connectivity index is 2.53. The number of aliphatic carboxylic acids is 1. The van der Waals surface area contributed by atoms with Gasteiger partial charge in [-0.1, -0.05) is 34.6 Å². The summed E-state index contributed by atoms with van der Waals surface area (Å²) in [5.41, 5.74) is -2.13. The zero-order valence-corrected chi connectivity index (χ0v) is 27.2. The molecular weight excluding hydrogens is 546 g/mol. The second kappa shape index (κ2) is 13.5. The van der Waals surface area contributed by atoms with Gasteiger partial charge in [0, 0.05) is 60.6 Å². The highest BCUT2D eigenvalue weighted by molar-refractivity contribution is 7.84. The van der Waals surface area contributed by atoms with Crippen molar-refractivity contribution in [2.24, 2.45) is 11.3 Å². The van der Waals surface area contributed by atoms with Gasteiger partial charge in [0.25, 0.3) is 5.91 Å². The summed E-state index contributed by atoms with van der Waals surface area (Å²) in [7, 11) is -0.937. The number of anilines is 1. The fourth-order valence-corrected chi connectivity index (χ4v) is 5.23. The first-order chi connectivity index (χ1) is 18.7. The zero-order chi connectivity index (χ0) is 31.3. The number of ether oxygens (including phenoxy) is 1. The van der Waals surface area contributed by atoms with Crippen LogP contribution >= 0.6 is 0 Å². The van der Waals surface area contributed by atoms with Gasteiger partial charge >= 0.3 is 12.1 Å². The van der Waals surface area contributed by atoms with Crippen molar-refractivity contribution in [3.05, 3.63) is 17.6 Å². The Hall–Kier alpha value is -2.76. The van der Waals surface area contributed by atoms with Crippen LogP contribution in [0.5, 0.6) is 0 Å². The number of likely N-dealkylation sites (tertiary alicyclic amines) is 1. The number of carboxylic acids is 1. The van der Waals surface area contributed by atoms with Gasteiger partial charge in [0.2, 0.25) is 0 Å². The first-order valence-corrected chi connectivity index (χ1v) is 15.9. The largest absolute Gasteiger partial charge is 0.481 e. The van der Waals surface area contributed by atoms with Crippen molar-refractivity contribution in [2.45, 2.75) is 92.2 Å². The van der Waals surface area contributed by atoms with E-state index >= 15 is 0 Å². The number of hydrogen-bond acceptors (Lipinski definition) is 8. The summed E-state index contributed by atoms with van der Waals surface area (Å²) >= 11 is 0. The molecule has 2 amide bonds. The third-order valence-corrected chi connectivity index (χ3v) is 7.54. The average Bonchev–Trinajstić information content (AvgIpc) is 2.82. The number of nitrogens with zero attached hydrogens (tertiary/aromatic N) is 4. The van der Waals surface area contributed by atoms with Crippen molar-refractivity contribution >= 4 is 34.6 Å². The lowest BCUT2D eigenvalue weighted by Gasteiger charge is -2.46. The quantitative estimate of drug-likeness (QED) is 0.381. The molecule has 11 nitrogen and oxygen atoms in total. The summed E-state index contributed by atoms with van der Waals surface area (Å²) in [6, 6.07) is -0.579. The van der Waals surface area contributed by atoms with Crippen LogP contribution in [0.4, 0.5) is 10.6 Å². The van der Waals surface area contributed by atoms with E-state index in [9.17, 15) is 23.7 Å². The van der Waals surface area contributed by atoms with E-state index in [1.807, 2.05) is 34.6 Å². The molecule has 1 saturated heterocycles. The lowest BCUT2D eigenvalue weighted by atomic mass is 9.79. The molecule has 1 aliphatic heterocycles. The van der Waals surface area contributed by atoms with Gasteiger partial charge in [-0.05, 0) is 46.5 Å². The van der Waals surface area contributed by atoms with E-state index in [1.165, 1.54) is 11.1 Å². The van der Waals surface area contributed by atoms with Crippen LogP contribution in [0.3, 0.4) is 0 Å². The number of rotatable bonds is 10. The Labute approximate surface area is 247 Å². The Morgan fingerprint density at radius 2 is 1.88 bits per heavy atom. The van der Waals surface area contributed by atoms with Gasteiger partial charge in [0.15, 0.2) is 0 Å². The minimum atomic E-state index is -1.28. The van der Waals surface area contributed by atoms with Crippen LogP contribution in [0.1, 0.15) is 91.3 Å². The van der Waals surface area contributed by atoms with Gasteiger partial charge < -0.3 is 25.0 Å². The fraction of sp³-hybridized carbons (Fsp3) is 0.759. The van der Waals surface area contributed by atoms with Gasteiger partial charge in [-0.25, -0.2) is 14.8 Å². The molecule has 1 unspecified atom stereocenters. The van der Waals surface area contributed by atoms with E-state index in [0.29, 0.717) is 36.9 Å². The van der Waals surface area contributed by atoms with Crippen molar-refractivity contribution in [1.29, 1.82) is 0 Å². The third kappa shape index (κ3) is 9.93. The number of piperidine rings is 1. The summed E-state index contributed by atoms with van der Waals surface area (Å²) in [5, 5.41) is 13.4. The van der Waals surface area contributed by atoms with Crippen molar-refractivity contribution in [3.8, 4) is 0 Å². The Morgan fingerprint density at radius 3 is 2.39 bits per heavy atom. The molecule has 0 aromatic carbocycles. The highest BCUT2D eigenvalue weighted by atomic mass is 32.2. The summed E-state index contributed by atoms with van der Waals surface area (Å²) in [6.07, 6.45) is 3.36. The maximum Gasteiger partial charge on any atom is 0.410 e. The van der Waals surface area contributed by atoms with Crippen molar-refractivity contribution < 1.29 is 28.4 Å². The summed E-state index contributed by atoms with van der Waals surface area (Å²) in [4.78, 5) is 52.0. The number of carbonyl (C=O) groups excluding carboxylic acids is 2. The molecule has 1 aromatic rings. The lowest BCUT2D eigenvalue weighted by molar-refractivity contribution is -0.152. The van der Waals surface area contributed by atoms with Gasteiger partial charge in [0.1, 0.15) is 22.8 Å². The minimum absolute atomic E-state index is 0.0214. The predicted molar refractivity (Wildman–Crippen MR) is 161 cm³/mol. The number of carboxylic acid groups (broad SMARTS) is 1. The van der Waals surface area contributed by atoms with Crippen LogP contribution < -0.4 is 5.32 Å². The number of carbonyl (C=O) groups is 3. The Kier molecular flexibility index (Phi) is 11.3. The monoisotopic (exact) mass is 595 g/mol. The Bertz CT molecular complexity index is 1130. The van der Waals surface area contributed by atoms with Crippen molar-refractivity contribution in [1.82, 2.24) is 19.8 Å². The van der Waals surface area contributed by atoms with Gasteiger partial charge in [-0.2, -0.15) is 0 Å². The molecule has 1 aromatic heterocycles. The smallest absolute Gasteiger partial charge is 0.410 e. The highest BCUT2D eigenvalue weighted by Gasteiger charge is 2.47. The van der Waals surface area contributed by atoms with Gasteiger partial charge in [-0.3, -0.25) is 13.8 Å². The predicted octanol–water partition coefficient (Wildman–Crippen LogP) is 4.15. The van der Waals surface area contributed by atoms with E-state index in [2.05, 4.69) is 10.3 Å². The molecule has 12 heteroatoms. The molecule has 0 saturated carbocycles. The zero-order valence-electron chi connectivity index (χ0n) is 26.4. The molecule has 0 bridgehead atoms. The molecule has 0 aliphatic carbocycles. The molecule has 1 aliphatic rings. The maximum absolute atomic E-state index is 14.3. The maximum atomic E-state index is 14.3. The number of hydrogen-bond donors (Lipinski definition) is 2. The average molecular weight is 596 g/mol. The van der Waals surface area contributed by atoms with Crippen molar-refractivity contribution in [2.75, 3.05) is 43.5 Å². The topological polar surface area (TPSA) is 142 Å². The molecule has 0 radical (unpaired) electrons. The van der Waals surface area contributed by atoms with Gasteiger partial charge in [-0.15, -0.1) is 0 Å². The van der Waals surface area contributed by atoms with Crippen LogP contribution in [0, 0.1) is 11.3 Å². The van der Waals surface area contributed by atoms with Crippen LogP contribution in [0.2, 0.25) is 0 Å². The molecule has 41 heavy (non-hydrogen) atoms. The summed E-state index contributed by atoms with van der Waals surface area (Å²) in [5.74, 6) is 0.150. The van der Waals surface area contributed by atoms with Crippen LogP contribution in [0.25, 0.3) is 0 Å². The summed E-state index contributed by atoms with van der Waals surface area (Å²) in [6.45, 7) is 17.7. The standard InChI is InChI=1S/C29H49N5O6S/c1-19(2)16-34(20-14-29(9,25(36)37)18-33(17-20)26(38)40-28(6,7)8)23(35)21-15-31-24(27(3,4)5)32-22(21)30-12-11-13-41(10)39/h15,19-20H,11-14,16-18H2,1-10H3,(H,36,37)(H,30,31,32)/t20-,29+,41?/m0/s1. The van der Waals surface area contributed by atoms with E-state index < -0.39 is 39.9 Å². The van der Waals surface area contributed by atoms with E-state index in [4.69, 9.17) is 9.72 Å². The normalized spacial score (nSPS) is 20.5. The molecule has 0 spiro atoms. The first-order valence-electron chi connectivity index (χ1n) is 14.2. The molecule has 2 rings (SSSR count). The van der Waals surface area contributed by atoms with Gasteiger partial charge in [0.05, 0.1) is 11.5 Å². The van der Waals surface area contributed by atoms with E-state index in [0.717, 1.165) is 0 Å². The molecule has 2 N–H and O–H groups in total. The van der Waals surface area contributed by atoms with Crippen molar-refractivity contribution in [3.63, 3.8) is 0 Å². The number of nitrogens with one attached hydrogen (secondary N) is 1. The van der Waals surface area contributed by atoms with Crippen LogP contribution in [-0.2, 0) is 25.7 Å². The lowest BCUT2D eigenvalue weighted by Crippen LogP contribution is -2.60. The van der Waals surface area contributed by atoms with E-state index in [-0.39, 0.29) is 42.3 Å². The van der Waals surface area contributed by atoms with Crippen LogP contribution in [-0.4, -0.2) is 96.9 Å². The van der Waals surface area contributed by atoms with E-state index in [1.54, 1.807) is 38.9 Å². The molecule has 232 valence electrons. The molecule has 1 fully saturated rings. The number of aromatic nitrogens is 2. The molecular formula is C29H49N5O6S. The second-order valence-electron chi connectivity index (χ2n) is 13.7.